The first-order chi connectivity index (χ1) is 6.27. The first-order valence-corrected chi connectivity index (χ1v) is 5.34. The highest BCUT2D eigenvalue weighted by atomic mass is 15.1. The summed E-state index contributed by atoms with van der Waals surface area (Å²) in [5.74, 6) is 0.832. The van der Waals surface area contributed by atoms with Gasteiger partial charge in [0, 0.05) is 19.1 Å². The van der Waals surface area contributed by atoms with Gasteiger partial charge in [-0.05, 0) is 25.4 Å². The van der Waals surface area contributed by atoms with Crippen molar-refractivity contribution in [3.63, 3.8) is 0 Å². The van der Waals surface area contributed by atoms with E-state index >= 15 is 0 Å². The van der Waals surface area contributed by atoms with Crippen LogP contribution in [0, 0.1) is 5.92 Å². The maximum atomic E-state index is 3.78. The highest BCUT2D eigenvalue weighted by Gasteiger charge is 2.23. The van der Waals surface area contributed by atoms with Crippen LogP contribution in [0.4, 0.5) is 0 Å². The van der Waals surface area contributed by atoms with Crippen molar-refractivity contribution in [1.29, 1.82) is 0 Å². The molecule has 1 N–H and O–H groups in total. The van der Waals surface area contributed by atoms with Gasteiger partial charge in [0.2, 0.25) is 0 Å². The van der Waals surface area contributed by atoms with Gasteiger partial charge in [0.1, 0.15) is 0 Å². The van der Waals surface area contributed by atoms with Gasteiger partial charge in [-0.2, -0.15) is 0 Å². The minimum atomic E-state index is 0.694. The molecule has 1 aliphatic heterocycles. The molecule has 2 atom stereocenters. The average Bonchev–Trinajstić information content (AvgIpc) is 2.51. The summed E-state index contributed by atoms with van der Waals surface area (Å²) in [7, 11) is 0. The first kappa shape index (κ1) is 10.7. The maximum absolute atomic E-state index is 3.78. The van der Waals surface area contributed by atoms with E-state index in [4.69, 9.17) is 0 Å². The summed E-state index contributed by atoms with van der Waals surface area (Å²) in [4.78, 5) is 2.44. The van der Waals surface area contributed by atoms with Gasteiger partial charge >= 0.3 is 0 Å². The summed E-state index contributed by atoms with van der Waals surface area (Å²) in [6.45, 7) is 12.8. The summed E-state index contributed by atoms with van der Waals surface area (Å²) in [6, 6.07) is 0.694. The highest BCUT2D eigenvalue weighted by molar-refractivity contribution is 4.85. The third-order valence-electron chi connectivity index (χ3n) is 2.98. The normalized spacial score (nSPS) is 28.2. The van der Waals surface area contributed by atoms with E-state index in [0.29, 0.717) is 6.04 Å². The second kappa shape index (κ2) is 5.40. The molecule has 0 aromatic heterocycles. The zero-order chi connectivity index (χ0) is 9.68. The Kier molecular flexibility index (Phi) is 4.46. The van der Waals surface area contributed by atoms with Crippen LogP contribution in [0.25, 0.3) is 0 Å². The van der Waals surface area contributed by atoms with Crippen LogP contribution in [0.15, 0.2) is 12.7 Å². The number of hydrogen-bond acceptors (Lipinski definition) is 2. The van der Waals surface area contributed by atoms with Gasteiger partial charge in [-0.25, -0.2) is 0 Å². The molecule has 2 nitrogen and oxygen atoms in total. The number of hydrogen-bond donors (Lipinski definition) is 1. The molecular weight excluding hydrogens is 160 g/mol. The lowest BCUT2D eigenvalue weighted by Gasteiger charge is -2.25. The van der Waals surface area contributed by atoms with E-state index in [9.17, 15) is 0 Å². The molecule has 13 heavy (non-hydrogen) atoms. The second-order valence-electron chi connectivity index (χ2n) is 3.97. The van der Waals surface area contributed by atoms with E-state index in [1.54, 1.807) is 0 Å². The quantitative estimate of drug-likeness (QED) is 0.648. The fourth-order valence-corrected chi connectivity index (χ4v) is 1.94. The van der Waals surface area contributed by atoms with Gasteiger partial charge in [0.05, 0.1) is 0 Å². The molecule has 2 heteroatoms. The molecule has 0 spiro atoms. The molecule has 1 aliphatic rings. The molecule has 76 valence electrons. The van der Waals surface area contributed by atoms with Crippen molar-refractivity contribution in [1.82, 2.24) is 10.2 Å². The molecule has 0 bridgehead atoms. The van der Waals surface area contributed by atoms with Crippen molar-refractivity contribution in [2.75, 3.05) is 26.2 Å². The van der Waals surface area contributed by atoms with E-state index in [0.717, 1.165) is 19.0 Å². The molecule has 0 saturated carbocycles. The van der Waals surface area contributed by atoms with Crippen molar-refractivity contribution >= 4 is 0 Å². The standard InChI is InChI=1S/C11H22N2/c1-4-8-13(5-2)9-11-10(3)6-7-12-11/h4,10-12H,1,5-9H2,2-3H3. The molecule has 1 heterocycles. The molecule has 0 aromatic rings. The predicted octanol–water partition coefficient (Wildman–Crippen LogP) is 1.49. The molecular formula is C11H22N2. The Hall–Kier alpha value is -0.340. The van der Waals surface area contributed by atoms with E-state index < -0.39 is 0 Å². The minimum Gasteiger partial charge on any atom is -0.312 e. The van der Waals surface area contributed by atoms with Crippen LogP contribution in [0.1, 0.15) is 20.3 Å². The topological polar surface area (TPSA) is 15.3 Å². The van der Waals surface area contributed by atoms with Crippen LogP contribution in [0.5, 0.6) is 0 Å². The smallest absolute Gasteiger partial charge is 0.0221 e. The molecule has 0 amide bonds. The van der Waals surface area contributed by atoms with Crippen molar-refractivity contribution < 1.29 is 0 Å². The van der Waals surface area contributed by atoms with Crippen LogP contribution in [0.3, 0.4) is 0 Å². The van der Waals surface area contributed by atoms with Crippen LogP contribution in [0.2, 0.25) is 0 Å². The Morgan fingerprint density at radius 1 is 1.62 bits per heavy atom. The largest absolute Gasteiger partial charge is 0.312 e. The highest BCUT2D eigenvalue weighted by Crippen LogP contribution is 2.15. The lowest BCUT2D eigenvalue weighted by Crippen LogP contribution is -2.40. The van der Waals surface area contributed by atoms with Crippen molar-refractivity contribution in [3.8, 4) is 0 Å². The maximum Gasteiger partial charge on any atom is 0.0221 e. The van der Waals surface area contributed by atoms with Gasteiger partial charge in [-0.3, -0.25) is 4.90 Å². The summed E-state index contributed by atoms with van der Waals surface area (Å²) in [6.07, 6.45) is 3.32. The summed E-state index contributed by atoms with van der Waals surface area (Å²) >= 11 is 0. The molecule has 0 aromatic carbocycles. The Labute approximate surface area is 82.0 Å². The monoisotopic (exact) mass is 182 g/mol. The fourth-order valence-electron chi connectivity index (χ4n) is 1.94. The summed E-state index contributed by atoms with van der Waals surface area (Å²) in [5, 5.41) is 3.55. The summed E-state index contributed by atoms with van der Waals surface area (Å²) < 4.78 is 0. The fraction of sp³-hybridized carbons (Fsp3) is 0.818. The third-order valence-corrected chi connectivity index (χ3v) is 2.98. The van der Waals surface area contributed by atoms with Crippen LogP contribution in [-0.4, -0.2) is 37.1 Å². The third kappa shape index (κ3) is 3.12. The SMILES string of the molecule is C=CCN(CC)CC1NCCC1C. The van der Waals surface area contributed by atoms with Crippen LogP contribution >= 0.6 is 0 Å². The summed E-state index contributed by atoms with van der Waals surface area (Å²) in [5.41, 5.74) is 0. The lowest BCUT2D eigenvalue weighted by molar-refractivity contribution is 0.266. The molecule has 0 radical (unpaired) electrons. The number of nitrogens with one attached hydrogen (secondary N) is 1. The molecule has 1 saturated heterocycles. The average molecular weight is 182 g/mol. The first-order valence-electron chi connectivity index (χ1n) is 5.34. The molecule has 1 fully saturated rings. The zero-order valence-corrected chi connectivity index (χ0v) is 8.92. The lowest BCUT2D eigenvalue weighted by atomic mass is 10.0. The number of nitrogens with zero attached hydrogens (tertiary/aromatic N) is 1. The Morgan fingerprint density at radius 3 is 2.85 bits per heavy atom. The number of rotatable bonds is 5. The molecule has 0 aliphatic carbocycles. The predicted molar refractivity (Wildman–Crippen MR) is 57.9 cm³/mol. The minimum absolute atomic E-state index is 0.694. The zero-order valence-electron chi connectivity index (χ0n) is 8.92. The van der Waals surface area contributed by atoms with Crippen LogP contribution < -0.4 is 5.32 Å². The van der Waals surface area contributed by atoms with Gasteiger partial charge < -0.3 is 5.32 Å². The van der Waals surface area contributed by atoms with Gasteiger partial charge in [0.25, 0.3) is 0 Å². The van der Waals surface area contributed by atoms with Gasteiger partial charge in [-0.1, -0.05) is 19.9 Å². The van der Waals surface area contributed by atoms with Crippen molar-refractivity contribution in [2.24, 2.45) is 5.92 Å². The van der Waals surface area contributed by atoms with Crippen molar-refractivity contribution in [3.05, 3.63) is 12.7 Å². The Balaban J connectivity index is 2.31. The van der Waals surface area contributed by atoms with Gasteiger partial charge in [-0.15, -0.1) is 6.58 Å². The Morgan fingerprint density at radius 2 is 2.38 bits per heavy atom. The van der Waals surface area contributed by atoms with Crippen molar-refractivity contribution in [2.45, 2.75) is 26.3 Å². The van der Waals surface area contributed by atoms with E-state index in [1.165, 1.54) is 19.5 Å². The van der Waals surface area contributed by atoms with E-state index in [2.05, 4.69) is 30.6 Å². The van der Waals surface area contributed by atoms with Crippen LogP contribution in [-0.2, 0) is 0 Å². The molecule has 1 rings (SSSR count). The second-order valence-corrected chi connectivity index (χ2v) is 3.97. The van der Waals surface area contributed by atoms with Gasteiger partial charge in [0.15, 0.2) is 0 Å². The Bertz CT molecular complexity index is 156. The van der Waals surface area contributed by atoms with E-state index in [1.807, 2.05) is 6.08 Å². The number of likely N-dealkylation sites (N-methyl/N-ethyl adjacent to an activating group) is 1. The molecule has 2 unspecified atom stereocenters. The van der Waals surface area contributed by atoms with E-state index in [-0.39, 0.29) is 0 Å².